The lowest BCUT2D eigenvalue weighted by molar-refractivity contribution is 0.324. The van der Waals surface area contributed by atoms with Gasteiger partial charge in [0.05, 0.1) is 21.3 Å². The van der Waals surface area contributed by atoms with Gasteiger partial charge in [-0.15, -0.1) is 0 Å². The standard InChI is InChI=1S/C19H19N3O4/c1-23-15-9-13(10-16(24-2)18(15)25-3)17(22-20)14-11-26-19(21-14)12-7-5-4-6-8-12/h4-11H,20H2,1-3H3/b22-17-. The van der Waals surface area contributed by atoms with E-state index in [1.54, 1.807) is 33.5 Å². The van der Waals surface area contributed by atoms with Crippen LogP contribution < -0.4 is 20.1 Å². The molecule has 7 nitrogen and oxygen atoms in total. The van der Waals surface area contributed by atoms with Crippen LogP contribution in [0.15, 0.2) is 58.2 Å². The van der Waals surface area contributed by atoms with Gasteiger partial charge in [-0.3, -0.25) is 0 Å². The van der Waals surface area contributed by atoms with E-state index in [0.717, 1.165) is 5.56 Å². The fourth-order valence-corrected chi connectivity index (χ4v) is 2.60. The van der Waals surface area contributed by atoms with Crippen LogP contribution in [0.3, 0.4) is 0 Å². The Hall–Kier alpha value is -3.48. The number of nitrogens with two attached hydrogens (primary N) is 1. The van der Waals surface area contributed by atoms with E-state index in [2.05, 4.69) is 10.1 Å². The second-order valence-corrected chi connectivity index (χ2v) is 5.30. The van der Waals surface area contributed by atoms with Crippen molar-refractivity contribution in [3.63, 3.8) is 0 Å². The maximum atomic E-state index is 5.63. The van der Waals surface area contributed by atoms with E-state index in [-0.39, 0.29) is 0 Å². The largest absolute Gasteiger partial charge is 0.493 e. The van der Waals surface area contributed by atoms with Crippen molar-refractivity contribution in [2.45, 2.75) is 0 Å². The smallest absolute Gasteiger partial charge is 0.226 e. The minimum Gasteiger partial charge on any atom is -0.493 e. The molecule has 0 amide bonds. The van der Waals surface area contributed by atoms with Crippen molar-refractivity contribution in [1.29, 1.82) is 0 Å². The van der Waals surface area contributed by atoms with Crippen molar-refractivity contribution in [1.82, 2.24) is 4.98 Å². The number of ether oxygens (including phenoxy) is 3. The topological polar surface area (TPSA) is 92.1 Å². The second-order valence-electron chi connectivity index (χ2n) is 5.30. The number of nitrogens with zero attached hydrogens (tertiary/aromatic N) is 2. The van der Waals surface area contributed by atoms with Crippen LogP contribution >= 0.6 is 0 Å². The number of benzene rings is 2. The molecule has 1 aromatic heterocycles. The molecule has 0 bridgehead atoms. The molecule has 134 valence electrons. The lowest BCUT2D eigenvalue weighted by atomic mass is 10.1. The molecule has 3 rings (SSSR count). The Kier molecular flexibility index (Phi) is 5.07. The van der Waals surface area contributed by atoms with Gasteiger partial charge in [0.2, 0.25) is 11.6 Å². The zero-order valence-electron chi connectivity index (χ0n) is 14.7. The quantitative estimate of drug-likeness (QED) is 0.416. The molecule has 0 fully saturated rings. The highest BCUT2D eigenvalue weighted by molar-refractivity contribution is 6.12. The maximum absolute atomic E-state index is 5.63. The number of rotatable bonds is 6. The van der Waals surface area contributed by atoms with Crippen molar-refractivity contribution < 1.29 is 18.6 Å². The number of hydrazone groups is 1. The first kappa shape index (κ1) is 17.3. The van der Waals surface area contributed by atoms with Crippen molar-refractivity contribution >= 4 is 5.71 Å². The normalized spacial score (nSPS) is 11.3. The molecule has 0 atom stereocenters. The molecule has 26 heavy (non-hydrogen) atoms. The van der Waals surface area contributed by atoms with E-state index >= 15 is 0 Å². The van der Waals surface area contributed by atoms with E-state index in [4.69, 9.17) is 24.5 Å². The summed E-state index contributed by atoms with van der Waals surface area (Å²) in [5.41, 5.74) is 2.46. The Morgan fingerprint density at radius 2 is 1.65 bits per heavy atom. The van der Waals surface area contributed by atoms with Gasteiger partial charge in [-0.2, -0.15) is 5.10 Å². The molecular weight excluding hydrogens is 334 g/mol. The van der Waals surface area contributed by atoms with Crippen LogP contribution in [-0.4, -0.2) is 32.0 Å². The van der Waals surface area contributed by atoms with Crippen molar-refractivity contribution in [3.05, 3.63) is 60.0 Å². The molecule has 0 radical (unpaired) electrons. The zero-order valence-corrected chi connectivity index (χ0v) is 14.7. The first-order valence-corrected chi connectivity index (χ1v) is 7.81. The SMILES string of the molecule is COc1cc(/C(=N/N)c2coc(-c3ccccc3)n2)cc(OC)c1OC. The number of aromatic nitrogens is 1. The molecule has 7 heteroatoms. The molecule has 0 saturated heterocycles. The fraction of sp³-hybridized carbons (Fsp3) is 0.158. The summed E-state index contributed by atoms with van der Waals surface area (Å²) < 4.78 is 21.7. The van der Waals surface area contributed by atoms with Crippen LogP contribution in [0.4, 0.5) is 0 Å². The molecule has 1 heterocycles. The van der Waals surface area contributed by atoms with E-state index in [1.807, 2.05) is 30.3 Å². The summed E-state index contributed by atoms with van der Waals surface area (Å²) in [4.78, 5) is 4.49. The molecule has 0 aliphatic carbocycles. The Balaban J connectivity index is 2.04. The average Bonchev–Trinajstić information content (AvgIpc) is 3.18. The lowest BCUT2D eigenvalue weighted by Gasteiger charge is -2.14. The van der Waals surface area contributed by atoms with Gasteiger partial charge < -0.3 is 24.5 Å². The van der Waals surface area contributed by atoms with Crippen molar-refractivity contribution in [2.75, 3.05) is 21.3 Å². The van der Waals surface area contributed by atoms with Crippen LogP contribution in [0.2, 0.25) is 0 Å². The van der Waals surface area contributed by atoms with Gasteiger partial charge in [0.25, 0.3) is 0 Å². The third-order valence-electron chi connectivity index (χ3n) is 3.83. The Labute approximate surface area is 151 Å². The van der Waals surface area contributed by atoms with Crippen molar-refractivity contribution in [3.8, 4) is 28.7 Å². The molecule has 0 aliphatic heterocycles. The van der Waals surface area contributed by atoms with E-state index in [0.29, 0.717) is 40.1 Å². The van der Waals surface area contributed by atoms with Crippen LogP contribution in [0.25, 0.3) is 11.5 Å². The number of oxazole rings is 1. The van der Waals surface area contributed by atoms with Gasteiger partial charge in [-0.25, -0.2) is 4.98 Å². The predicted molar refractivity (Wildman–Crippen MR) is 97.9 cm³/mol. The van der Waals surface area contributed by atoms with Crippen LogP contribution in [0.5, 0.6) is 17.2 Å². The molecule has 2 aromatic carbocycles. The highest BCUT2D eigenvalue weighted by atomic mass is 16.5. The summed E-state index contributed by atoms with van der Waals surface area (Å²) in [6.45, 7) is 0. The van der Waals surface area contributed by atoms with E-state index < -0.39 is 0 Å². The van der Waals surface area contributed by atoms with Crippen LogP contribution in [0.1, 0.15) is 11.3 Å². The Morgan fingerprint density at radius 3 is 2.19 bits per heavy atom. The molecule has 0 aliphatic rings. The predicted octanol–water partition coefficient (Wildman–Crippen LogP) is 3.08. The number of hydrogen-bond donors (Lipinski definition) is 1. The average molecular weight is 353 g/mol. The van der Waals surface area contributed by atoms with Gasteiger partial charge in [0.1, 0.15) is 17.7 Å². The Morgan fingerprint density at radius 1 is 1.00 bits per heavy atom. The number of methoxy groups -OCH3 is 3. The molecule has 3 aromatic rings. The highest BCUT2D eigenvalue weighted by Crippen LogP contribution is 2.38. The zero-order chi connectivity index (χ0) is 18.5. The molecule has 2 N–H and O–H groups in total. The van der Waals surface area contributed by atoms with E-state index in [9.17, 15) is 0 Å². The Bertz CT molecular complexity index is 895. The fourth-order valence-electron chi connectivity index (χ4n) is 2.60. The molecule has 0 unspecified atom stereocenters. The summed E-state index contributed by atoms with van der Waals surface area (Å²) >= 11 is 0. The molecule has 0 saturated carbocycles. The minimum absolute atomic E-state index is 0.440. The second kappa shape index (κ2) is 7.60. The van der Waals surface area contributed by atoms with E-state index in [1.165, 1.54) is 6.26 Å². The summed E-state index contributed by atoms with van der Waals surface area (Å²) in [5.74, 6) is 7.59. The monoisotopic (exact) mass is 353 g/mol. The van der Waals surface area contributed by atoms with Crippen LogP contribution in [0, 0.1) is 0 Å². The van der Waals surface area contributed by atoms with Crippen LogP contribution in [-0.2, 0) is 0 Å². The van der Waals surface area contributed by atoms with Gasteiger partial charge in [-0.05, 0) is 24.3 Å². The lowest BCUT2D eigenvalue weighted by Crippen LogP contribution is -2.08. The van der Waals surface area contributed by atoms with Gasteiger partial charge >= 0.3 is 0 Å². The third-order valence-corrected chi connectivity index (χ3v) is 3.83. The third kappa shape index (κ3) is 3.19. The maximum Gasteiger partial charge on any atom is 0.226 e. The first-order valence-electron chi connectivity index (χ1n) is 7.81. The van der Waals surface area contributed by atoms with Gasteiger partial charge in [0.15, 0.2) is 11.5 Å². The molecular formula is C19H19N3O4. The van der Waals surface area contributed by atoms with Gasteiger partial charge in [-0.1, -0.05) is 18.2 Å². The van der Waals surface area contributed by atoms with Crippen molar-refractivity contribution in [2.24, 2.45) is 10.9 Å². The summed E-state index contributed by atoms with van der Waals surface area (Å²) in [5, 5.41) is 3.88. The summed E-state index contributed by atoms with van der Waals surface area (Å²) in [7, 11) is 4.63. The van der Waals surface area contributed by atoms with Gasteiger partial charge in [0, 0.05) is 11.1 Å². The highest BCUT2D eigenvalue weighted by Gasteiger charge is 2.19. The summed E-state index contributed by atoms with van der Waals surface area (Å²) in [6.07, 6.45) is 1.51. The minimum atomic E-state index is 0.440. The first-order chi connectivity index (χ1) is 12.7. The number of hydrogen-bond acceptors (Lipinski definition) is 7. The molecule has 0 spiro atoms. The summed E-state index contributed by atoms with van der Waals surface area (Å²) in [6, 6.07) is 13.1.